The first-order valence-corrected chi connectivity index (χ1v) is 7.47. The lowest BCUT2D eigenvalue weighted by molar-refractivity contribution is -0.343. The molecule has 0 aromatic rings. The fourth-order valence-corrected chi connectivity index (χ4v) is 2.65. The second kappa shape index (κ2) is 8.12. The van der Waals surface area contributed by atoms with Crippen molar-refractivity contribution in [3.8, 4) is 0 Å². The van der Waals surface area contributed by atoms with Gasteiger partial charge in [0.05, 0.1) is 19.3 Å². The molecule has 0 saturated carbocycles. The first-order valence-electron chi connectivity index (χ1n) is 7.47. The maximum Gasteiger partial charge on any atom is 0.189 e. The zero-order valence-electron chi connectivity index (χ0n) is 12.4. The number of aliphatic hydroxyl groups excluding tert-OH is 7. The smallest absolute Gasteiger partial charge is 0.189 e. The van der Waals surface area contributed by atoms with Crippen molar-refractivity contribution in [3.05, 3.63) is 0 Å². The molecule has 0 bridgehead atoms. The topological polar surface area (TPSA) is 169 Å². The van der Waals surface area contributed by atoms with Crippen LogP contribution >= 0.6 is 0 Å². The SMILES string of the molecule is OCC1O[C@H](O[C@@H]2OC(CO)[C@H](O)C(O)C2O)CCC(O)[C@@H]1O. The minimum Gasteiger partial charge on any atom is -0.394 e. The molecule has 9 atom stereocenters. The molecule has 2 rings (SSSR count). The van der Waals surface area contributed by atoms with E-state index in [1.807, 2.05) is 0 Å². The molecule has 2 fully saturated rings. The molecule has 2 aliphatic rings. The van der Waals surface area contributed by atoms with Crippen LogP contribution in [0.2, 0.25) is 0 Å². The van der Waals surface area contributed by atoms with Gasteiger partial charge >= 0.3 is 0 Å². The van der Waals surface area contributed by atoms with Gasteiger partial charge in [0.2, 0.25) is 0 Å². The third-order valence-electron chi connectivity index (χ3n) is 4.11. The Hall–Kier alpha value is -0.400. The molecule has 0 aromatic heterocycles. The summed E-state index contributed by atoms with van der Waals surface area (Å²) in [5.41, 5.74) is 0. The lowest BCUT2D eigenvalue weighted by Gasteiger charge is -2.40. The Morgan fingerprint density at radius 1 is 0.739 bits per heavy atom. The summed E-state index contributed by atoms with van der Waals surface area (Å²) in [5, 5.41) is 67.1. The standard InChI is InChI=1S/C13H24O10/c14-3-6-9(17)5(16)1-2-8(21-6)23-13-12(20)11(19)10(18)7(4-15)22-13/h5-20H,1-4H2/t5?,6?,7?,8-,9+,10+,11?,12?,13+/m1/s1. The number of hydrogen-bond acceptors (Lipinski definition) is 10. The van der Waals surface area contributed by atoms with Gasteiger partial charge in [0.25, 0.3) is 0 Å². The van der Waals surface area contributed by atoms with Crippen LogP contribution in [0.15, 0.2) is 0 Å². The van der Waals surface area contributed by atoms with Crippen LogP contribution in [0.3, 0.4) is 0 Å². The van der Waals surface area contributed by atoms with Gasteiger partial charge in [-0.2, -0.15) is 0 Å². The number of ether oxygens (including phenoxy) is 3. The monoisotopic (exact) mass is 340 g/mol. The lowest BCUT2D eigenvalue weighted by atomic mass is 9.99. The zero-order chi connectivity index (χ0) is 17.1. The van der Waals surface area contributed by atoms with Crippen molar-refractivity contribution >= 4 is 0 Å². The molecule has 10 nitrogen and oxygen atoms in total. The molecular weight excluding hydrogens is 316 g/mol. The Balaban J connectivity index is 2.02. The van der Waals surface area contributed by atoms with Crippen molar-refractivity contribution in [3.63, 3.8) is 0 Å². The van der Waals surface area contributed by atoms with E-state index in [2.05, 4.69) is 0 Å². The molecule has 23 heavy (non-hydrogen) atoms. The predicted octanol–water partition coefficient (Wildman–Crippen LogP) is -3.98. The fourth-order valence-electron chi connectivity index (χ4n) is 2.65. The van der Waals surface area contributed by atoms with E-state index in [4.69, 9.17) is 19.3 Å². The molecule has 0 radical (unpaired) electrons. The number of aliphatic hydroxyl groups is 7. The Bertz CT molecular complexity index is 367. The van der Waals surface area contributed by atoms with Crippen molar-refractivity contribution in [2.24, 2.45) is 0 Å². The Labute approximate surface area is 132 Å². The van der Waals surface area contributed by atoms with Crippen molar-refractivity contribution in [1.82, 2.24) is 0 Å². The third kappa shape index (κ3) is 4.17. The quantitative estimate of drug-likeness (QED) is 0.268. The Morgan fingerprint density at radius 3 is 1.96 bits per heavy atom. The van der Waals surface area contributed by atoms with E-state index in [0.29, 0.717) is 0 Å². The summed E-state index contributed by atoms with van der Waals surface area (Å²) in [6.45, 7) is -1.14. The Kier molecular flexibility index (Phi) is 6.68. The second-order valence-corrected chi connectivity index (χ2v) is 5.76. The van der Waals surface area contributed by atoms with E-state index in [0.717, 1.165) is 0 Å². The molecule has 7 N–H and O–H groups in total. The van der Waals surface area contributed by atoms with Gasteiger partial charge in [-0.3, -0.25) is 0 Å². The summed E-state index contributed by atoms with van der Waals surface area (Å²) in [6.07, 6.45) is -11.4. The van der Waals surface area contributed by atoms with Gasteiger partial charge in [0, 0.05) is 6.42 Å². The normalized spacial score (nSPS) is 48.9. The van der Waals surface area contributed by atoms with Crippen molar-refractivity contribution in [1.29, 1.82) is 0 Å². The molecule has 5 unspecified atom stereocenters. The predicted molar refractivity (Wildman–Crippen MR) is 71.8 cm³/mol. The summed E-state index contributed by atoms with van der Waals surface area (Å²) in [4.78, 5) is 0. The van der Waals surface area contributed by atoms with Crippen LogP contribution in [-0.4, -0.2) is 104 Å². The van der Waals surface area contributed by atoms with E-state index in [9.17, 15) is 30.6 Å². The van der Waals surface area contributed by atoms with Crippen LogP contribution < -0.4 is 0 Å². The van der Waals surface area contributed by atoms with E-state index >= 15 is 0 Å². The van der Waals surface area contributed by atoms with E-state index in [-0.39, 0.29) is 12.8 Å². The fraction of sp³-hybridized carbons (Fsp3) is 1.00. The maximum atomic E-state index is 9.90. The molecule has 0 amide bonds. The first kappa shape index (κ1) is 18.9. The van der Waals surface area contributed by atoms with E-state index < -0.39 is 68.5 Å². The van der Waals surface area contributed by atoms with Crippen LogP contribution in [0.4, 0.5) is 0 Å². The minimum atomic E-state index is -1.58. The summed E-state index contributed by atoms with van der Waals surface area (Å²) < 4.78 is 15.9. The van der Waals surface area contributed by atoms with Gasteiger partial charge in [-0.05, 0) is 6.42 Å². The molecule has 2 heterocycles. The highest BCUT2D eigenvalue weighted by Gasteiger charge is 2.45. The largest absolute Gasteiger partial charge is 0.394 e. The van der Waals surface area contributed by atoms with Gasteiger partial charge < -0.3 is 50.0 Å². The molecule has 10 heteroatoms. The molecule has 0 spiro atoms. The van der Waals surface area contributed by atoms with Gasteiger partial charge in [0.1, 0.15) is 36.6 Å². The molecule has 2 saturated heterocycles. The summed E-state index contributed by atoms with van der Waals surface area (Å²) in [7, 11) is 0. The zero-order valence-corrected chi connectivity index (χ0v) is 12.4. The summed E-state index contributed by atoms with van der Waals surface area (Å²) in [5.74, 6) is 0. The van der Waals surface area contributed by atoms with Gasteiger partial charge in [-0.1, -0.05) is 0 Å². The van der Waals surface area contributed by atoms with Crippen molar-refractivity contribution < 1.29 is 50.0 Å². The minimum absolute atomic E-state index is 0.125. The molecule has 136 valence electrons. The number of rotatable bonds is 4. The average Bonchev–Trinajstić information content (AvgIpc) is 2.68. The van der Waals surface area contributed by atoms with Crippen LogP contribution in [0, 0.1) is 0 Å². The highest BCUT2D eigenvalue weighted by atomic mass is 16.8. The highest BCUT2D eigenvalue weighted by Crippen LogP contribution is 2.27. The summed E-state index contributed by atoms with van der Waals surface area (Å²) >= 11 is 0. The maximum absolute atomic E-state index is 9.90. The van der Waals surface area contributed by atoms with Gasteiger partial charge in [-0.25, -0.2) is 0 Å². The van der Waals surface area contributed by atoms with E-state index in [1.165, 1.54) is 0 Å². The highest BCUT2D eigenvalue weighted by molar-refractivity contribution is 4.89. The lowest BCUT2D eigenvalue weighted by Crippen LogP contribution is -2.59. The second-order valence-electron chi connectivity index (χ2n) is 5.76. The summed E-state index contributed by atoms with van der Waals surface area (Å²) in [6, 6.07) is 0. The van der Waals surface area contributed by atoms with Crippen LogP contribution in [0.1, 0.15) is 12.8 Å². The molecular formula is C13H24O10. The number of hydrogen-bond donors (Lipinski definition) is 7. The van der Waals surface area contributed by atoms with Crippen molar-refractivity contribution in [2.45, 2.75) is 68.1 Å². The van der Waals surface area contributed by atoms with Gasteiger partial charge in [0.15, 0.2) is 12.6 Å². The molecule has 0 aliphatic carbocycles. The van der Waals surface area contributed by atoms with Crippen LogP contribution in [0.5, 0.6) is 0 Å². The average molecular weight is 340 g/mol. The van der Waals surface area contributed by atoms with Crippen LogP contribution in [0.25, 0.3) is 0 Å². The van der Waals surface area contributed by atoms with Gasteiger partial charge in [-0.15, -0.1) is 0 Å². The van der Waals surface area contributed by atoms with Crippen molar-refractivity contribution in [2.75, 3.05) is 13.2 Å². The third-order valence-corrected chi connectivity index (χ3v) is 4.11. The van der Waals surface area contributed by atoms with E-state index in [1.54, 1.807) is 0 Å². The molecule has 2 aliphatic heterocycles. The first-order chi connectivity index (χ1) is 10.9. The van der Waals surface area contributed by atoms with Crippen LogP contribution in [-0.2, 0) is 14.2 Å². The molecule has 0 aromatic carbocycles. The Morgan fingerprint density at radius 2 is 1.35 bits per heavy atom.